The van der Waals surface area contributed by atoms with Crippen molar-refractivity contribution in [3.05, 3.63) is 0 Å². The Labute approximate surface area is 152 Å². The maximum absolute atomic E-state index is 12.6. The smallest absolute Gasteiger partial charge is 0.225 e. The number of carbonyl (C=O) groups is 2. The van der Waals surface area contributed by atoms with Gasteiger partial charge in [-0.2, -0.15) is 0 Å². The van der Waals surface area contributed by atoms with Gasteiger partial charge in [-0.05, 0) is 38.5 Å². The van der Waals surface area contributed by atoms with Gasteiger partial charge in [-0.3, -0.25) is 9.59 Å². The van der Waals surface area contributed by atoms with E-state index in [1.807, 2.05) is 16.8 Å². The number of nitrogens with zero attached hydrogens (tertiary/aromatic N) is 2. The van der Waals surface area contributed by atoms with E-state index in [2.05, 4.69) is 6.92 Å². The Bertz CT molecular complexity index is 411. The second kappa shape index (κ2) is 10.2. The fraction of sp³-hybridized carbons (Fsp3) is 0.889. The molecule has 1 saturated heterocycles. The van der Waals surface area contributed by atoms with Crippen LogP contribution in [0.1, 0.15) is 58.3 Å². The molecule has 0 radical (unpaired) electrons. The summed E-state index contributed by atoms with van der Waals surface area (Å²) in [5, 5.41) is 0. The van der Waals surface area contributed by atoms with Gasteiger partial charge in [0.2, 0.25) is 11.8 Å². The number of amides is 2. The van der Waals surface area contributed by atoms with Gasteiger partial charge >= 0.3 is 0 Å². The molecule has 5 nitrogen and oxygen atoms in total. The third kappa shape index (κ3) is 5.62. The van der Waals surface area contributed by atoms with Gasteiger partial charge in [0.25, 0.3) is 0 Å². The predicted molar refractivity (Wildman–Crippen MR) is 99.0 cm³/mol. The topological polar surface area (TPSA) is 66.6 Å². The number of hydrogen-bond donors (Lipinski definition) is 1. The highest BCUT2D eigenvalue weighted by Crippen LogP contribution is 2.27. The van der Waals surface area contributed by atoms with Crippen molar-refractivity contribution < 1.29 is 9.59 Å². The van der Waals surface area contributed by atoms with E-state index in [1.54, 1.807) is 0 Å². The van der Waals surface area contributed by atoms with Gasteiger partial charge in [-0.15, -0.1) is 12.4 Å². The summed E-state index contributed by atoms with van der Waals surface area (Å²) in [7, 11) is 1.90. The lowest BCUT2D eigenvalue weighted by Gasteiger charge is -2.36. The molecule has 0 aromatic rings. The molecule has 0 bridgehead atoms. The molecule has 2 N–H and O–H groups in total. The number of likely N-dealkylation sites (tertiary alicyclic amines) is 1. The van der Waals surface area contributed by atoms with E-state index in [-0.39, 0.29) is 42.1 Å². The summed E-state index contributed by atoms with van der Waals surface area (Å²) in [5.41, 5.74) is 6.01. The lowest BCUT2D eigenvalue weighted by molar-refractivity contribution is -0.142. The number of unbranched alkanes of at least 4 members (excludes halogenated alkanes) is 1. The number of hydrogen-bond acceptors (Lipinski definition) is 3. The first-order valence-electron chi connectivity index (χ1n) is 9.32. The SMILES string of the molecule is CCCCN(C)C(=O)C1CCN(C(=O)C2CCCC(N)C2)CC1.Cl. The molecule has 0 aromatic carbocycles. The third-order valence-corrected chi connectivity index (χ3v) is 5.44. The van der Waals surface area contributed by atoms with Crippen LogP contribution < -0.4 is 5.73 Å². The molecule has 2 aliphatic rings. The fourth-order valence-electron chi connectivity index (χ4n) is 3.87. The lowest BCUT2D eigenvalue weighted by Crippen LogP contribution is -2.46. The molecule has 2 amide bonds. The van der Waals surface area contributed by atoms with Gasteiger partial charge in [0, 0.05) is 44.6 Å². The van der Waals surface area contributed by atoms with Crippen LogP contribution in [0.2, 0.25) is 0 Å². The molecule has 1 aliphatic carbocycles. The Morgan fingerprint density at radius 1 is 1.12 bits per heavy atom. The molecular formula is C18H34ClN3O2. The van der Waals surface area contributed by atoms with E-state index in [9.17, 15) is 9.59 Å². The summed E-state index contributed by atoms with van der Waals surface area (Å²) < 4.78 is 0. The van der Waals surface area contributed by atoms with Crippen molar-refractivity contribution in [1.29, 1.82) is 0 Å². The van der Waals surface area contributed by atoms with Crippen molar-refractivity contribution >= 4 is 24.2 Å². The molecular weight excluding hydrogens is 326 g/mol. The van der Waals surface area contributed by atoms with E-state index in [0.717, 1.165) is 71.0 Å². The maximum Gasteiger partial charge on any atom is 0.225 e. The molecule has 2 fully saturated rings. The van der Waals surface area contributed by atoms with Crippen molar-refractivity contribution in [1.82, 2.24) is 9.80 Å². The summed E-state index contributed by atoms with van der Waals surface area (Å²) in [6.07, 6.45) is 7.69. The third-order valence-electron chi connectivity index (χ3n) is 5.44. The molecule has 1 heterocycles. The second-order valence-electron chi connectivity index (χ2n) is 7.34. The maximum atomic E-state index is 12.6. The minimum Gasteiger partial charge on any atom is -0.346 e. The van der Waals surface area contributed by atoms with Gasteiger partial charge in [0.1, 0.15) is 0 Å². The summed E-state index contributed by atoms with van der Waals surface area (Å²) in [5.74, 6) is 0.725. The normalized spacial score (nSPS) is 25.0. The minimum absolute atomic E-state index is 0. The molecule has 2 unspecified atom stereocenters. The van der Waals surface area contributed by atoms with Gasteiger partial charge in [-0.25, -0.2) is 0 Å². The van der Waals surface area contributed by atoms with Crippen LogP contribution in [0, 0.1) is 11.8 Å². The van der Waals surface area contributed by atoms with Gasteiger partial charge < -0.3 is 15.5 Å². The standard InChI is InChI=1S/C18H33N3O2.ClH/c1-3-4-10-20(2)17(22)14-8-11-21(12-9-14)18(23)15-6-5-7-16(19)13-15;/h14-16H,3-13,19H2,1-2H3;1H. The number of carbonyl (C=O) groups excluding carboxylic acids is 2. The predicted octanol–water partition coefficient (Wildman–Crippen LogP) is 2.42. The number of rotatable bonds is 5. The molecule has 0 spiro atoms. The first-order chi connectivity index (χ1) is 11.0. The van der Waals surface area contributed by atoms with Gasteiger partial charge in [-0.1, -0.05) is 19.8 Å². The van der Waals surface area contributed by atoms with Crippen LogP contribution in [-0.2, 0) is 9.59 Å². The number of nitrogens with two attached hydrogens (primary N) is 1. The second-order valence-corrected chi connectivity index (χ2v) is 7.34. The average Bonchev–Trinajstić information content (AvgIpc) is 2.58. The van der Waals surface area contributed by atoms with Crippen LogP contribution in [0.15, 0.2) is 0 Å². The molecule has 2 atom stereocenters. The van der Waals surface area contributed by atoms with Crippen LogP contribution >= 0.6 is 12.4 Å². The first-order valence-corrected chi connectivity index (χ1v) is 9.32. The first kappa shape index (κ1) is 21.2. The van der Waals surface area contributed by atoms with E-state index < -0.39 is 0 Å². The molecule has 2 rings (SSSR count). The minimum atomic E-state index is 0. The Morgan fingerprint density at radius 3 is 2.38 bits per heavy atom. The van der Waals surface area contributed by atoms with E-state index in [0.29, 0.717) is 0 Å². The van der Waals surface area contributed by atoms with Crippen molar-refractivity contribution in [3.63, 3.8) is 0 Å². The van der Waals surface area contributed by atoms with Crippen LogP contribution in [0.4, 0.5) is 0 Å². The highest BCUT2D eigenvalue weighted by molar-refractivity contribution is 5.85. The fourth-order valence-corrected chi connectivity index (χ4v) is 3.87. The molecule has 0 aromatic heterocycles. The quantitative estimate of drug-likeness (QED) is 0.819. The number of halogens is 1. The average molecular weight is 360 g/mol. The molecule has 140 valence electrons. The summed E-state index contributed by atoms with van der Waals surface area (Å²) >= 11 is 0. The molecule has 1 aliphatic heterocycles. The lowest BCUT2D eigenvalue weighted by atomic mass is 9.84. The zero-order valence-electron chi connectivity index (χ0n) is 15.2. The summed E-state index contributed by atoms with van der Waals surface area (Å²) in [6.45, 7) is 4.43. The van der Waals surface area contributed by atoms with Crippen LogP contribution in [0.5, 0.6) is 0 Å². The van der Waals surface area contributed by atoms with Crippen molar-refractivity contribution in [2.24, 2.45) is 17.6 Å². The van der Waals surface area contributed by atoms with Crippen molar-refractivity contribution in [2.75, 3.05) is 26.7 Å². The summed E-state index contributed by atoms with van der Waals surface area (Å²) in [6, 6.07) is 0.184. The summed E-state index contributed by atoms with van der Waals surface area (Å²) in [4.78, 5) is 28.9. The highest BCUT2D eigenvalue weighted by atomic mass is 35.5. The van der Waals surface area contributed by atoms with Gasteiger partial charge in [0.15, 0.2) is 0 Å². The Kier molecular flexibility index (Phi) is 9.06. The van der Waals surface area contributed by atoms with E-state index in [4.69, 9.17) is 5.73 Å². The molecule has 1 saturated carbocycles. The van der Waals surface area contributed by atoms with Crippen LogP contribution in [-0.4, -0.2) is 54.3 Å². The zero-order chi connectivity index (χ0) is 16.8. The van der Waals surface area contributed by atoms with E-state index >= 15 is 0 Å². The van der Waals surface area contributed by atoms with Crippen molar-refractivity contribution in [2.45, 2.75) is 64.3 Å². The molecule has 6 heteroatoms. The van der Waals surface area contributed by atoms with E-state index in [1.165, 1.54) is 0 Å². The number of piperidine rings is 1. The zero-order valence-corrected chi connectivity index (χ0v) is 16.0. The Morgan fingerprint density at radius 2 is 1.79 bits per heavy atom. The largest absolute Gasteiger partial charge is 0.346 e. The Hall–Kier alpha value is -0.810. The van der Waals surface area contributed by atoms with Gasteiger partial charge in [0.05, 0.1) is 0 Å². The van der Waals surface area contributed by atoms with Crippen LogP contribution in [0.25, 0.3) is 0 Å². The van der Waals surface area contributed by atoms with Crippen molar-refractivity contribution in [3.8, 4) is 0 Å². The molecule has 24 heavy (non-hydrogen) atoms. The monoisotopic (exact) mass is 359 g/mol. The Balaban J connectivity index is 0.00000288. The highest BCUT2D eigenvalue weighted by Gasteiger charge is 2.33. The van der Waals surface area contributed by atoms with Crippen LogP contribution in [0.3, 0.4) is 0 Å².